The zero-order valence-electron chi connectivity index (χ0n) is 18.7. The summed E-state index contributed by atoms with van der Waals surface area (Å²) in [6.45, 7) is 1.01. The van der Waals surface area contributed by atoms with E-state index in [2.05, 4.69) is 5.32 Å². The second-order valence-electron chi connectivity index (χ2n) is 8.51. The lowest BCUT2D eigenvalue weighted by Gasteiger charge is -2.36. The average Bonchev–Trinajstić information content (AvgIpc) is 3.35. The molecular formula is C28H25FN2O2S. The summed E-state index contributed by atoms with van der Waals surface area (Å²) in [6, 6.07) is 22.3. The van der Waals surface area contributed by atoms with Gasteiger partial charge in [-0.1, -0.05) is 54.6 Å². The van der Waals surface area contributed by atoms with Gasteiger partial charge >= 0.3 is 0 Å². The predicted molar refractivity (Wildman–Crippen MR) is 133 cm³/mol. The fraction of sp³-hybridized carbons (Fsp3) is 0.214. The van der Waals surface area contributed by atoms with Crippen LogP contribution in [0.25, 0.3) is 10.8 Å². The van der Waals surface area contributed by atoms with Crippen molar-refractivity contribution in [3.8, 4) is 0 Å². The van der Waals surface area contributed by atoms with Crippen LogP contribution in [-0.4, -0.2) is 23.3 Å². The summed E-state index contributed by atoms with van der Waals surface area (Å²) in [6.07, 6.45) is 1.06. The summed E-state index contributed by atoms with van der Waals surface area (Å²) in [5.74, 6) is -0.509. The third-order valence-electron chi connectivity index (χ3n) is 6.39. The Morgan fingerprint density at radius 1 is 0.971 bits per heavy atom. The number of amides is 2. The number of hydrogen-bond acceptors (Lipinski definition) is 3. The highest BCUT2D eigenvalue weighted by Crippen LogP contribution is 2.38. The normalized spacial score (nSPS) is 15.2. The lowest BCUT2D eigenvalue weighted by molar-refractivity contribution is -0.135. The fourth-order valence-corrected chi connectivity index (χ4v) is 5.59. The molecule has 6 heteroatoms. The molecule has 0 radical (unpaired) electrons. The van der Waals surface area contributed by atoms with Crippen molar-refractivity contribution in [1.82, 2.24) is 10.2 Å². The molecule has 0 saturated heterocycles. The molecule has 0 saturated carbocycles. The Morgan fingerprint density at radius 3 is 2.62 bits per heavy atom. The van der Waals surface area contributed by atoms with E-state index in [1.807, 2.05) is 58.8 Å². The van der Waals surface area contributed by atoms with Gasteiger partial charge in [-0.3, -0.25) is 9.59 Å². The van der Waals surface area contributed by atoms with Gasteiger partial charge in [-0.15, -0.1) is 11.3 Å². The lowest BCUT2D eigenvalue weighted by atomic mass is 9.93. The van der Waals surface area contributed by atoms with Crippen molar-refractivity contribution in [3.05, 3.63) is 106 Å². The van der Waals surface area contributed by atoms with Gasteiger partial charge in [-0.05, 0) is 57.5 Å². The van der Waals surface area contributed by atoms with Crippen molar-refractivity contribution in [1.29, 1.82) is 0 Å². The van der Waals surface area contributed by atoms with E-state index >= 15 is 0 Å². The molecule has 1 aliphatic rings. The summed E-state index contributed by atoms with van der Waals surface area (Å²) in [4.78, 5) is 28.9. The minimum atomic E-state index is -0.300. The van der Waals surface area contributed by atoms with Crippen molar-refractivity contribution in [2.75, 3.05) is 6.54 Å². The number of carbonyl (C=O) groups is 2. The average molecular weight is 473 g/mol. The third kappa shape index (κ3) is 4.59. The SMILES string of the molecule is O=C(CCC(=O)N1CCc2sccc2C1c1ccc(F)cc1)NCc1cccc2ccccc12. The summed E-state index contributed by atoms with van der Waals surface area (Å²) in [7, 11) is 0. The molecular weight excluding hydrogens is 447 g/mol. The maximum atomic E-state index is 13.5. The topological polar surface area (TPSA) is 49.4 Å². The quantitative estimate of drug-likeness (QED) is 0.397. The predicted octanol–water partition coefficient (Wildman–Crippen LogP) is 5.61. The minimum Gasteiger partial charge on any atom is -0.352 e. The summed E-state index contributed by atoms with van der Waals surface area (Å²) < 4.78 is 13.5. The van der Waals surface area contributed by atoms with E-state index in [9.17, 15) is 14.0 Å². The van der Waals surface area contributed by atoms with E-state index in [1.165, 1.54) is 17.0 Å². The zero-order chi connectivity index (χ0) is 23.5. The molecule has 1 N–H and O–H groups in total. The molecule has 172 valence electrons. The van der Waals surface area contributed by atoms with Crippen molar-refractivity contribution in [2.24, 2.45) is 0 Å². The molecule has 5 rings (SSSR count). The Bertz CT molecular complexity index is 1330. The van der Waals surface area contributed by atoms with Crippen molar-refractivity contribution >= 4 is 33.9 Å². The number of rotatable bonds is 6. The molecule has 4 nitrogen and oxygen atoms in total. The van der Waals surface area contributed by atoms with Crippen LogP contribution in [0.3, 0.4) is 0 Å². The molecule has 2 amide bonds. The molecule has 1 atom stereocenters. The second kappa shape index (κ2) is 9.77. The largest absolute Gasteiger partial charge is 0.352 e. The number of fused-ring (bicyclic) bond motifs is 2. The highest BCUT2D eigenvalue weighted by Gasteiger charge is 2.32. The number of nitrogens with zero attached hydrogens (tertiary/aromatic N) is 1. The Labute approximate surface area is 202 Å². The number of hydrogen-bond donors (Lipinski definition) is 1. The Hall–Kier alpha value is -3.51. The third-order valence-corrected chi connectivity index (χ3v) is 7.39. The molecule has 0 fully saturated rings. The zero-order valence-corrected chi connectivity index (χ0v) is 19.5. The molecule has 1 unspecified atom stereocenters. The summed E-state index contributed by atoms with van der Waals surface area (Å²) in [5.41, 5.74) is 3.03. The first-order chi connectivity index (χ1) is 16.6. The van der Waals surface area contributed by atoms with E-state index in [4.69, 9.17) is 0 Å². The number of benzene rings is 3. The van der Waals surface area contributed by atoms with Crippen LogP contribution in [0.4, 0.5) is 4.39 Å². The van der Waals surface area contributed by atoms with E-state index in [0.717, 1.165) is 33.9 Å². The van der Waals surface area contributed by atoms with Gasteiger partial charge in [0.2, 0.25) is 11.8 Å². The fourth-order valence-electron chi connectivity index (χ4n) is 4.68. The molecule has 0 bridgehead atoms. The smallest absolute Gasteiger partial charge is 0.223 e. The molecule has 0 aliphatic carbocycles. The Morgan fingerprint density at radius 2 is 1.76 bits per heavy atom. The van der Waals surface area contributed by atoms with E-state index in [-0.39, 0.29) is 36.5 Å². The van der Waals surface area contributed by atoms with Crippen LogP contribution in [0, 0.1) is 5.82 Å². The van der Waals surface area contributed by atoms with Crippen LogP contribution < -0.4 is 5.32 Å². The van der Waals surface area contributed by atoms with E-state index in [1.54, 1.807) is 23.5 Å². The highest BCUT2D eigenvalue weighted by molar-refractivity contribution is 7.10. The number of halogens is 1. The van der Waals surface area contributed by atoms with Crippen LogP contribution in [0.2, 0.25) is 0 Å². The summed E-state index contributed by atoms with van der Waals surface area (Å²) >= 11 is 1.69. The van der Waals surface area contributed by atoms with Crippen molar-refractivity contribution in [2.45, 2.75) is 31.8 Å². The van der Waals surface area contributed by atoms with Gasteiger partial charge in [0.05, 0.1) is 6.04 Å². The maximum Gasteiger partial charge on any atom is 0.223 e. The van der Waals surface area contributed by atoms with Crippen molar-refractivity contribution < 1.29 is 14.0 Å². The highest BCUT2D eigenvalue weighted by atomic mass is 32.1. The molecule has 34 heavy (non-hydrogen) atoms. The standard InChI is InChI=1S/C28H25FN2O2S/c29-22-10-8-20(9-11-22)28-24-15-17-34-25(24)14-16-31(28)27(33)13-12-26(32)30-18-21-6-3-5-19-4-1-2-7-23(19)21/h1-11,15,17,28H,12-14,16,18H2,(H,30,32). The first kappa shape index (κ1) is 22.3. The molecule has 4 aromatic rings. The molecule has 0 spiro atoms. The number of carbonyl (C=O) groups excluding carboxylic acids is 2. The van der Waals surface area contributed by atoms with Gasteiger partial charge in [-0.2, -0.15) is 0 Å². The van der Waals surface area contributed by atoms with Crippen LogP contribution in [0.5, 0.6) is 0 Å². The van der Waals surface area contributed by atoms with E-state index < -0.39 is 0 Å². The van der Waals surface area contributed by atoms with Gasteiger partial charge in [-0.25, -0.2) is 4.39 Å². The molecule has 3 aromatic carbocycles. The van der Waals surface area contributed by atoms with Crippen LogP contribution in [0.15, 0.2) is 78.2 Å². The first-order valence-corrected chi connectivity index (χ1v) is 12.3. The second-order valence-corrected chi connectivity index (χ2v) is 9.51. The van der Waals surface area contributed by atoms with E-state index in [0.29, 0.717) is 13.1 Å². The van der Waals surface area contributed by atoms with Crippen LogP contribution >= 0.6 is 11.3 Å². The first-order valence-electron chi connectivity index (χ1n) is 11.4. The van der Waals surface area contributed by atoms with Crippen LogP contribution in [-0.2, 0) is 22.6 Å². The number of thiophene rings is 1. The van der Waals surface area contributed by atoms with Gasteiger partial charge < -0.3 is 10.2 Å². The monoisotopic (exact) mass is 472 g/mol. The Balaban J connectivity index is 1.24. The van der Waals surface area contributed by atoms with Crippen molar-refractivity contribution in [3.63, 3.8) is 0 Å². The maximum absolute atomic E-state index is 13.5. The van der Waals surface area contributed by atoms with Gasteiger partial charge in [0.1, 0.15) is 5.82 Å². The molecule has 1 aliphatic heterocycles. The van der Waals surface area contributed by atoms with Gasteiger partial charge in [0.25, 0.3) is 0 Å². The van der Waals surface area contributed by atoms with Gasteiger partial charge in [0.15, 0.2) is 0 Å². The lowest BCUT2D eigenvalue weighted by Crippen LogP contribution is -2.40. The number of nitrogens with one attached hydrogen (secondary N) is 1. The minimum absolute atomic E-state index is 0.0634. The van der Waals surface area contributed by atoms with Gasteiger partial charge in [0, 0.05) is 30.8 Å². The molecule has 2 heterocycles. The Kier molecular flexibility index (Phi) is 6.41. The van der Waals surface area contributed by atoms with Crippen LogP contribution in [0.1, 0.15) is 40.5 Å². The molecule has 1 aromatic heterocycles. The summed E-state index contributed by atoms with van der Waals surface area (Å²) in [5, 5.41) is 7.25.